The van der Waals surface area contributed by atoms with Crippen molar-refractivity contribution < 1.29 is 9.53 Å². The van der Waals surface area contributed by atoms with Gasteiger partial charge in [0.25, 0.3) is 0 Å². The SMILES string of the molecule is Cc1ccc(OC(C)CNC(=O)C(C)Cl)c(C(C)(C)C)c1. The molecule has 0 aliphatic heterocycles. The Labute approximate surface area is 133 Å². The summed E-state index contributed by atoms with van der Waals surface area (Å²) in [5.41, 5.74) is 2.39. The lowest BCUT2D eigenvalue weighted by atomic mass is 9.85. The molecule has 2 unspecified atom stereocenters. The van der Waals surface area contributed by atoms with Crippen LogP contribution in [0.15, 0.2) is 18.2 Å². The highest BCUT2D eigenvalue weighted by Gasteiger charge is 2.20. The number of hydrogen-bond donors (Lipinski definition) is 1. The molecule has 0 saturated carbocycles. The van der Waals surface area contributed by atoms with Crippen LogP contribution in [-0.4, -0.2) is 23.9 Å². The number of carbonyl (C=O) groups excluding carboxylic acids is 1. The summed E-state index contributed by atoms with van der Waals surface area (Å²) in [6.45, 7) is 12.6. The van der Waals surface area contributed by atoms with Gasteiger partial charge in [0.15, 0.2) is 0 Å². The lowest BCUT2D eigenvalue weighted by molar-refractivity contribution is -0.120. The maximum absolute atomic E-state index is 11.5. The monoisotopic (exact) mass is 311 g/mol. The number of hydrogen-bond acceptors (Lipinski definition) is 2. The third-order valence-corrected chi connectivity index (χ3v) is 3.39. The van der Waals surface area contributed by atoms with E-state index in [9.17, 15) is 4.79 Å². The summed E-state index contributed by atoms with van der Waals surface area (Å²) >= 11 is 5.72. The Morgan fingerprint density at radius 1 is 1.33 bits per heavy atom. The molecule has 0 aliphatic carbocycles. The molecular formula is C17H26ClNO2. The minimum atomic E-state index is -0.526. The van der Waals surface area contributed by atoms with Gasteiger partial charge in [-0.15, -0.1) is 11.6 Å². The topological polar surface area (TPSA) is 38.3 Å². The standard InChI is InChI=1S/C17H26ClNO2/c1-11-7-8-15(14(9-11)17(4,5)6)21-12(2)10-19-16(20)13(3)18/h7-9,12-13H,10H2,1-6H3,(H,19,20). The number of aryl methyl sites for hydroxylation is 1. The van der Waals surface area contributed by atoms with E-state index in [0.29, 0.717) is 6.54 Å². The molecule has 0 heterocycles. The fourth-order valence-electron chi connectivity index (χ4n) is 1.98. The second-order valence-corrected chi connectivity index (χ2v) is 7.19. The average molecular weight is 312 g/mol. The van der Waals surface area contributed by atoms with Crippen molar-refractivity contribution in [1.82, 2.24) is 5.32 Å². The Balaban J connectivity index is 2.76. The van der Waals surface area contributed by atoms with Crippen molar-refractivity contribution in [3.63, 3.8) is 0 Å². The maximum Gasteiger partial charge on any atom is 0.237 e. The van der Waals surface area contributed by atoms with E-state index in [0.717, 1.165) is 5.75 Å². The minimum Gasteiger partial charge on any atom is -0.489 e. The summed E-state index contributed by atoms with van der Waals surface area (Å²) in [5, 5.41) is 2.25. The number of alkyl halides is 1. The van der Waals surface area contributed by atoms with Crippen LogP contribution < -0.4 is 10.1 Å². The third-order valence-electron chi connectivity index (χ3n) is 3.20. The molecule has 1 N–H and O–H groups in total. The van der Waals surface area contributed by atoms with E-state index in [4.69, 9.17) is 16.3 Å². The normalized spacial score (nSPS) is 14.4. The zero-order valence-electron chi connectivity index (χ0n) is 13.8. The molecule has 4 heteroatoms. The molecule has 2 atom stereocenters. The van der Waals surface area contributed by atoms with E-state index in [-0.39, 0.29) is 17.4 Å². The lowest BCUT2D eigenvalue weighted by Crippen LogP contribution is -2.37. The van der Waals surface area contributed by atoms with E-state index in [1.54, 1.807) is 6.92 Å². The van der Waals surface area contributed by atoms with Crippen molar-refractivity contribution in [3.8, 4) is 5.75 Å². The Morgan fingerprint density at radius 3 is 2.48 bits per heavy atom. The first-order valence-corrected chi connectivity index (χ1v) is 7.74. The smallest absolute Gasteiger partial charge is 0.237 e. The molecule has 0 aliphatic rings. The second kappa shape index (κ2) is 7.17. The van der Waals surface area contributed by atoms with E-state index < -0.39 is 5.38 Å². The number of rotatable bonds is 5. The first-order chi connectivity index (χ1) is 9.61. The van der Waals surface area contributed by atoms with Gasteiger partial charge in [-0.25, -0.2) is 0 Å². The molecule has 0 saturated heterocycles. The van der Waals surface area contributed by atoms with Crippen molar-refractivity contribution in [2.24, 2.45) is 0 Å². The summed E-state index contributed by atoms with van der Waals surface area (Å²) in [7, 11) is 0. The molecule has 0 radical (unpaired) electrons. The molecule has 1 amide bonds. The highest BCUT2D eigenvalue weighted by atomic mass is 35.5. The van der Waals surface area contributed by atoms with Gasteiger partial charge in [-0.1, -0.05) is 38.5 Å². The molecule has 21 heavy (non-hydrogen) atoms. The second-order valence-electron chi connectivity index (χ2n) is 6.54. The van der Waals surface area contributed by atoms with Crippen molar-refractivity contribution >= 4 is 17.5 Å². The molecule has 1 aromatic rings. The zero-order valence-corrected chi connectivity index (χ0v) is 14.5. The van der Waals surface area contributed by atoms with Gasteiger partial charge in [0, 0.05) is 0 Å². The molecule has 0 bridgehead atoms. The number of ether oxygens (including phenoxy) is 1. The van der Waals surface area contributed by atoms with Gasteiger partial charge in [-0.2, -0.15) is 0 Å². The van der Waals surface area contributed by atoms with Gasteiger partial charge in [-0.3, -0.25) is 4.79 Å². The number of nitrogens with one attached hydrogen (secondary N) is 1. The van der Waals surface area contributed by atoms with Gasteiger partial charge in [0.05, 0.1) is 6.54 Å². The predicted molar refractivity (Wildman–Crippen MR) is 88.3 cm³/mol. The molecular weight excluding hydrogens is 286 g/mol. The first kappa shape index (κ1) is 17.8. The van der Waals surface area contributed by atoms with Crippen molar-refractivity contribution in [2.45, 2.75) is 58.4 Å². The largest absolute Gasteiger partial charge is 0.489 e. The number of amides is 1. The quantitative estimate of drug-likeness (QED) is 0.840. The molecule has 3 nitrogen and oxygen atoms in total. The minimum absolute atomic E-state index is 0.00890. The first-order valence-electron chi connectivity index (χ1n) is 7.31. The van der Waals surface area contributed by atoms with Crippen LogP contribution in [0.25, 0.3) is 0 Å². The van der Waals surface area contributed by atoms with Gasteiger partial charge in [-0.05, 0) is 37.8 Å². The predicted octanol–water partition coefficient (Wildman–Crippen LogP) is 3.80. The summed E-state index contributed by atoms with van der Waals surface area (Å²) in [6, 6.07) is 6.19. The summed E-state index contributed by atoms with van der Waals surface area (Å²) < 4.78 is 6.00. The number of carbonyl (C=O) groups is 1. The molecule has 0 fully saturated rings. The highest BCUT2D eigenvalue weighted by Crippen LogP contribution is 2.32. The van der Waals surface area contributed by atoms with Gasteiger partial charge in [0.1, 0.15) is 17.2 Å². The van der Waals surface area contributed by atoms with Crippen LogP contribution in [0.4, 0.5) is 0 Å². The van der Waals surface area contributed by atoms with Crippen molar-refractivity contribution in [3.05, 3.63) is 29.3 Å². The van der Waals surface area contributed by atoms with Gasteiger partial charge >= 0.3 is 0 Å². The Bertz CT molecular complexity index is 492. The van der Waals surface area contributed by atoms with Gasteiger partial charge in [0.2, 0.25) is 5.91 Å². The van der Waals surface area contributed by atoms with Crippen LogP contribution in [0, 0.1) is 6.92 Å². The van der Waals surface area contributed by atoms with Crippen molar-refractivity contribution in [1.29, 1.82) is 0 Å². The average Bonchev–Trinajstić information content (AvgIpc) is 2.36. The maximum atomic E-state index is 11.5. The van der Waals surface area contributed by atoms with E-state index in [1.165, 1.54) is 11.1 Å². The molecule has 1 rings (SSSR count). The third kappa shape index (κ3) is 5.58. The van der Waals surface area contributed by atoms with Crippen LogP contribution in [0.3, 0.4) is 0 Å². The molecule has 118 valence electrons. The lowest BCUT2D eigenvalue weighted by Gasteiger charge is -2.25. The summed E-state index contributed by atoms with van der Waals surface area (Å²) in [4.78, 5) is 11.5. The van der Waals surface area contributed by atoms with E-state index in [1.807, 2.05) is 19.1 Å². The Morgan fingerprint density at radius 2 is 1.95 bits per heavy atom. The summed E-state index contributed by atoms with van der Waals surface area (Å²) in [5.74, 6) is 0.695. The highest BCUT2D eigenvalue weighted by molar-refractivity contribution is 6.30. The molecule has 0 spiro atoms. The van der Waals surface area contributed by atoms with Crippen LogP contribution >= 0.6 is 11.6 Å². The zero-order chi connectivity index (χ0) is 16.2. The number of halogens is 1. The Kier molecular flexibility index (Phi) is 6.09. The van der Waals surface area contributed by atoms with E-state index in [2.05, 4.69) is 39.1 Å². The molecule has 0 aromatic heterocycles. The van der Waals surface area contributed by atoms with Crippen LogP contribution in [-0.2, 0) is 10.2 Å². The Hall–Kier alpha value is -1.22. The number of benzene rings is 1. The van der Waals surface area contributed by atoms with Crippen LogP contribution in [0.2, 0.25) is 0 Å². The van der Waals surface area contributed by atoms with Crippen molar-refractivity contribution in [2.75, 3.05) is 6.54 Å². The fourth-order valence-corrected chi connectivity index (χ4v) is 2.05. The van der Waals surface area contributed by atoms with E-state index >= 15 is 0 Å². The van der Waals surface area contributed by atoms with Gasteiger partial charge < -0.3 is 10.1 Å². The molecule has 1 aromatic carbocycles. The fraction of sp³-hybridized carbons (Fsp3) is 0.588. The van der Waals surface area contributed by atoms with Crippen LogP contribution in [0.5, 0.6) is 5.75 Å². The van der Waals surface area contributed by atoms with Crippen LogP contribution in [0.1, 0.15) is 45.7 Å². The summed E-state index contributed by atoms with van der Waals surface area (Å²) in [6.07, 6.45) is -0.117.